The van der Waals surface area contributed by atoms with Gasteiger partial charge in [-0.1, -0.05) is 55.3 Å². The number of hydrogen-bond donors (Lipinski definition) is 0. The van der Waals surface area contributed by atoms with E-state index < -0.39 is 0 Å². The molecule has 0 nitrogen and oxygen atoms in total. The molecule has 5 heteroatoms. The summed E-state index contributed by atoms with van der Waals surface area (Å²) < 4.78 is 0. The van der Waals surface area contributed by atoms with E-state index in [-0.39, 0.29) is 13.5 Å². The van der Waals surface area contributed by atoms with Gasteiger partial charge in [0.2, 0.25) is 0 Å². The average molecular weight is 241 g/mol. The molecule has 0 bridgehead atoms. The van der Waals surface area contributed by atoms with E-state index in [2.05, 4.69) is 23.0 Å². The normalized spacial score (nSPS) is 18.9. The maximum absolute atomic E-state index is 2.16. The molecule has 0 amide bonds. The van der Waals surface area contributed by atoms with Crippen molar-refractivity contribution in [3.8, 4) is 0 Å². The Labute approximate surface area is 90.7 Å². The molecule has 2 rings (SSSR count). The summed E-state index contributed by atoms with van der Waals surface area (Å²) in [6, 6.07) is 0. The minimum absolute atomic E-state index is 0. The molecular weight excluding hydrogens is 232 g/mol. The third-order valence-corrected chi connectivity index (χ3v) is 4.60. The van der Waals surface area contributed by atoms with Crippen molar-refractivity contribution in [2.75, 3.05) is 11.5 Å². The molecule has 0 unspecified atom stereocenters. The van der Waals surface area contributed by atoms with Gasteiger partial charge >= 0.3 is 0 Å². The van der Waals surface area contributed by atoms with Gasteiger partial charge in [-0.2, -0.15) is 0 Å². The van der Waals surface area contributed by atoms with Gasteiger partial charge in [-0.25, -0.2) is 0 Å². The summed E-state index contributed by atoms with van der Waals surface area (Å²) in [6.45, 7) is 0. The summed E-state index contributed by atoms with van der Waals surface area (Å²) in [5, 5.41) is 4.23. The van der Waals surface area contributed by atoms with Crippen molar-refractivity contribution in [3.63, 3.8) is 0 Å². The van der Waals surface area contributed by atoms with E-state index in [1.54, 1.807) is 0 Å². The van der Waals surface area contributed by atoms with Crippen molar-refractivity contribution >= 4 is 56.7 Å². The van der Waals surface area contributed by atoms with Gasteiger partial charge in [-0.05, 0) is 10.8 Å². The van der Waals surface area contributed by atoms with Gasteiger partial charge in [-0.3, -0.25) is 0 Å². The topological polar surface area (TPSA) is 0 Å². The highest BCUT2D eigenvalue weighted by molar-refractivity contribution is 8.78. The van der Waals surface area contributed by atoms with Crippen LogP contribution in [0, 0.1) is 0 Å². The summed E-state index contributed by atoms with van der Waals surface area (Å²) >= 11 is 0. The lowest BCUT2D eigenvalue weighted by Gasteiger charge is -1.69. The molecule has 0 atom stereocenters. The van der Waals surface area contributed by atoms with Crippen LogP contribution in [0.5, 0.6) is 0 Å². The van der Waals surface area contributed by atoms with E-state index in [9.17, 15) is 0 Å². The Balaban J connectivity index is 0.000000167. The monoisotopic (exact) mass is 241 g/mol. The fourth-order valence-corrected chi connectivity index (χ4v) is 3.54. The predicted molar refractivity (Wildman–Crippen MR) is 67.1 cm³/mol. The molecule has 64 valence electrons. The van der Waals surface area contributed by atoms with Gasteiger partial charge in [0.1, 0.15) is 0 Å². The smallest absolute Gasteiger partial charge is 0.0229 e. The molecule has 0 aromatic rings. The van der Waals surface area contributed by atoms with Gasteiger partial charge < -0.3 is 13.5 Å². The van der Waals surface area contributed by atoms with E-state index in [1.165, 1.54) is 11.5 Å². The van der Waals surface area contributed by atoms with Crippen LogP contribution in [-0.2, 0) is 13.5 Å². The Morgan fingerprint density at radius 3 is 1.36 bits per heavy atom. The van der Waals surface area contributed by atoms with Crippen molar-refractivity contribution < 1.29 is 0 Å². The minimum atomic E-state index is 0. The molecule has 0 aromatic carbocycles. The van der Waals surface area contributed by atoms with Gasteiger partial charge in [0.05, 0.1) is 0 Å². The van der Waals surface area contributed by atoms with Crippen LogP contribution in [0.4, 0.5) is 0 Å². The van der Waals surface area contributed by atoms with Crippen LogP contribution in [-0.4, -0.2) is 11.5 Å². The van der Waals surface area contributed by atoms with Crippen LogP contribution in [0.2, 0.25) is 0 Å². The van der Waals surface area contributed by atoms with E-state index in [0.717, 1.165) is 0 Å². The van der Waals surface area contributed by atoms with E-state index in [1.807, 2.05) is 43.2 Å². The van der Waals surface area contributed by atoms with Crippen molar-refractivity contribution in [1.29, 1.82) is 0 Å². The first-order chi connectivity index (χ1) is 5.00. The molecule has 0 saturated heterocycles. The number of thiol groups is 1. The van der Waals surface area contributed by atoms with Crippen LogP contribution in [0.3, 0.4) is 0 Å². The van der Waals surface area contributed by atoms with Crippen molar-refractivity contribution in [2.24, 2.45) is 0 Å². The van der Waals surface area contributed by atoms with Crippen molar-refractivity contribution in [2.45, 2.75) is 0 Å². The van der Waals surface area contributed by atoms with Crippen LogP contribution < -0.4 is 0 Å². The molecule has 0 N–H and O–H groups in total. The number of hydrogen-bond acceptors (Lipinski definition) is 5. The zero-order chi connectivity index (χ0) is 7.07. The third kappa shape index (κ3) is 7.59. The molecular formula is C6H9S5-. The summed E-state index contributed by atoms with van der Waals surface area (Å²) in [5.74, 6) is 2.40. The summed E-state index contributed by atoms with van der Waals surface area (Å²) in [5.41, 5.74) is 0. The first-order valence-corrected chi connectivity index (χ1v) is 7.63. The first-order valence-electron chi connectivity index (χ1n) is 2.87. The molecule has 0 aliphatic carbocycles. The Bertz CT molecular complexity index is 103. The number of rotatable bonds is 0. The SMILES string of the molecule is C1=CSSC1.C1=CSSC1.[SH-]. The van der Waals surface area contributed by atoms with Crippen LogP contribution in [0.25, 0.3) is 0 Å². The Kier molecular flexibility index (Phi) is 10.4. The summed E-state index contributed by atoms with van der Waals surface area (Å²) in [4.78, 5) is 0. The largest absolute Gasteiger partial charge is 0.813 e. The van der Waals surface area contributed by atoms with Crippen LogP contribution in [0.1, 0.15) is 0 Å². The highest BCUT2D eigenvalue weighted by Gasteiger charge is 1.86. The lowest BCUT2D eigenvalue weighted by molar-refractivity contribution is 1.84. The second kappa shape index (κ2) is 9.32. The zero-order valence-corrected chi connectivity index (χ0v) is 9.96. The maximum atomic E-state index is 2.16. The predicted octanol–water partition coefficient (Wildman–Crippen LogP) is 3.52. The highest BCUT2D eigenvalue weighted by Crippen LogP contribution is 2.28. The molecule has 0 radical (unpaired) electrons. The van der Waals surface area contributed by atoms with Gasteiger partial charge in [0, 0.05) is 11.5 Å². The van der Waals surface area contributed by atoms with E-state index >= 15 is 0 Å². The highest BCUT2D eigenvalue weighted by atomic mass is 33.1. The molecule has 0 saturated carbocycles. The second-order valence-electron chi connectivity index (χ2n) is 1.51. The molecule has 0 spiro atoms. The Morgan fingerprint density at radius 2 is 1.27 bits per heavy atom. The quantitative estimate of drug-likeness (QED) is 0.360. The third-order valence-electron chi connectivity index (χ3n) is 0.768. The van der Waals surface area contributed by atoms with E-state index in [4.69, 9.17) is 0 Å². The minimum Gasteiger partial charge on any atom is -0.813 e. The van der Waals surface area contributed by atoms with Crippen LogP contribution >= 0.6 is 43.2 Å². The zero-order valence-electron chi connectivity index (χ0n) is 5.80. The Morgan fingerprint density at radius 1 is 0.818 bits per heavy atom. The fourth-order valence-electron chi connectivity index (χ4n) is 0.393. The second-order valence-corrected chi connectivity index (χ2v) is 6.14. The summed E-state index contributed by atoms with van der Waals surface area (Å²) in [6.07, 6.45) is 4.32. The van der Waals surface area contributed by atoms with Crippen molar-refractivity contribution in [3.05, 3.63) is 23.0 Å². The van der Waals surface area contributed by atoms with Gasteiger partial charge in [0.15, 0.2) is 0 Å². The standard InChI is InChI=1S/2C3H4S2.H2S/c2*1-2-4-5-3-1;/h2*1-2H,3H2;1H2/p-1. The Hall–Kier alpha value is 1.23. The van der Waals surface area contributed by atoms with Crippen LogP contribution in [0.15, 0.2) is 23.0 Å². The first kappa shape index (κ1) is 12.2. The molecule has 2 aliphatic heterocycles. The molecule has 0 fully saturated rings. The lowest BCUT2D eigenvalue weighted by atomic mass is 10.8. The maximum Gasteiger partial charge on any atom is 0.0229 e. The van der Waals surface area contributed by atoms with Gasteiger partial charge in [0.25, 0.3) is 0 Å². The van der Waals surface area contributed by atoms with E-state index in [0.29, 0.717) is 0 Å². The lowest BCUT2D eigenvalue weighted by Crippen LogP contribution is -1.46. The molecule has 0 aromatic heterocycles. The molecule has 2 heterocycles. The fraction of sp³-hybridized carbons (Fsp3) is 0.333. The molecule has 11 heavy (non-hydrogen) atoms. The van der Waals surface area contributed by atoms with Gasteiger partial charge in [-0.15, -0.1) is 0 Å². The average Bonchev–Trinajstić information content (AvgIpc) is 2.67. The molecule has 2 aliphatic rings. The van der Waals surface area contributed by atoms with Crippen molar-refractivity contribution in [1.82, 2.24) is 0 Å². The summed E-state index contributed by atoms with van der Waals surface area (Å²) in [7, 11) is 7.38.